The highest BCUT2D eigenvalue weighted by atomic mass is 16.3. The van der Waals surface area contributed by atoms with Crippen molar-refractivity contribution in [2.75, 3.05) is 0 Å². The van der Waals surface area contributed by atoms with Gasteiger partial charge in [0.25, 0.3) is 0 Å². The molecule has 0 spiro atoms. The summed E-state index contributed by atoms with van der Waals surface area (Å²) in [6, 6.07) is 0. The van der Waals surface area contributed by atoms with Crippen LogP contribution in [0.4, 0.5) is 0 Å². The van der Waals surface area contributed by atoms with Crippen LogP contribution in [-0.2, 0) is 0 Å². The predicted molar refractivity (Wildman–Crippen MR) is 69.6 cm³/mol. The van der Waals surface area contributed by atoms with Crippen molar-refractivity contribution in [2.45, 2.75) is 65.1 Å². The molecule has 0 amide bonds. The summed E-state index contributed by atoms with van der Waals surface area (Å²) >= 11 is 0. The van der Waals surface area contributed by atoms with Gasteiger partial charge in [-0.2, -0.15) is 0 Å². The molecule has 2 heteroatoms. The maximum absolute atomic E-state index is 10.6. The predicted octanol–water partition coefficient (Wildman–Crippen LogP) is 2.89. The fourth-order valence-electron chi connectivity index (χ4n) is 3.95. The number of aliphatic hydroxyl groups is 2. The molecule has 0 unspecified atom stereocenters. The number of hydrogen-bond donors (Lipinski definition) is 2. The summed E-state index contributed by atoms with van der Waals surface area (Å²) in [5.41, 5.74) is 0.563. The third-order valence-corrected chi connectivity index (χ3v) is 5.14. The summed E-state index contributed by atoms with van der Waals surface area (Å²) in [4.78, 5) is 0. The molecule has 0 aromatic rings. The number of rotatable bonds is 0. The second kappa shape index (κ2) is 4.10. The third-order valence-electron chi connectivity index (χ3n) is 5.14. The van der Waals surface area contributed by atoms with Gasteiger partial charge in [0.15, 0.2) is 0 Å². The lowest BCUT2D eigenvalue weighted by Crippen LogP contribution is -2.49. The minimum atomic E-state index is -0.628. The van der Waals surface area contributed by atoms with Crippen LogP contribution in [0.3, 0.4) is 0 Å². The second-order valence-electron chi connectivity index (χ2n) is 6.96. The molecule has 1 saturated carbocycles. The zero-order valence-corrected chi connectivity index (χ0v) is 11.5. The Kier molecular flexibility index (Phi) is 3.16. The van der Waals surface area contributed by atoms with Crippen LogP contribution in [0.25, 0.3) is 0 Å². The molecule has 17 heavy (non-hydrogen) atoms. The van der Waals surface area contributed by atoms with Crippen molar-refractivity contribution >= 4 is 0 Å². The first-order chi connectivity index (χ1) is 7.76. The van der Waals surface area contributed by atoms with E-state index in [9.17, 15) is 10.2 Å². The largest absolute Gasteiger partial charge is 0.390 e. The summed E-state index contributed by atoms with van der Waals surface area (Å²) in [5, 5.41) is 21.1. The topological polar surface area (TPSA) is 40.5 Å². The minimum Gasteiger partial charge on any atom is -0.390 e. The van der Waals surface area contributed by atoms with E-state index >= 15 is 0 Å². The summed E-state index contributed by atoms with van der Waals surface area (Å²) in [6.07, 6.45) is 5.64. The van der Waals surface area contributed by atoms with Crippen LogP contribution < -0.4 is 0 Å². The van der Waals surface area contributed by atoms with E-state index in [1.165, 1.54) is 0 Å². The molecule has 2 aliphatic rings. The highest BCUT2D eigenvalue weighted by molar-refractivity contribution is 5.17. The van der Waals surface area contributed by atoms with Crippen molar-refractivity contribution in [1.82, 2.24) is 0 Å². The first kappa shape index (κ1) is 13.1. The quantitative estimate of drug-likeness (QED) is 0.637. The molecule has 0 radical (unpaired) electrons. The lowest BCUT2D eigenvalue weighted by atomic mass is 9.61. The third kappa shape index (κ3) is 2.17. The van der Waals surface area contributed by atoms with Crippen LogP contribution in [0, 0.1) is 17.3 Å². The number of fused-ring (bicyclic) bond motifs is 1. The summed E-state index contributed by atoms with van der Waals surface area (Å²) in [7, 11) is 0. The SMILES string of the molecule is CC1=CC[C@@H]2[C@H]([C@H]1O)C(C)(C)CCC[C@]2(C)O. The minimum absolute atomic E-state index is 0.111. The molecule has 4 atom stereocenters. The lowest BCUT2D eigenvalue weighted by molar-refractivity contribution is -0.0797. The Hall–Kier alpha value is -0.340. The van der Waals surface area contributed by atoms with Gasteiger partial charge >= 0.3 is 0 Å². The normalized spacial score (nSPS) is 45.8. The Morgan fingerprint density at radius 3 is 2.53 bits per heavy atom. The molecule has 0 bridgehead atoms. The molecule has 98 valence electrons. The molecule has 2 N–H and O–H groups in total. The zero-order valence-electron chi connectivity index (χ0n) is 11.5. The average Bonchev–Trinajstić information content (AvgIpc) is 2.28. The van der Waals surface area contributed by atoms with E-state index in [0.29, 0.717) is 0 Å². The number of hydrogen-bond acceptors (Lipinski definition) is 2. The van der Waals surface area contributed by atoms with Crippen molar-refractivity contribution in [1.29, 1.82) is 0 Å². The van der Waals surface area contributed by atoms with Crippen LogP contribution in [0.5, 0.6) is 0 Å². The van der Waals surface area contributed by atoms with Gasteiger partial charge in [-0.05, 0) is 55.9 Å². The summed E-state index contributed by atoms with van der Waals surface area (Å²) < 4.78 is 0. The zero-order chi connectivity index (χ0) is 12.8. The second-order valence-corrected chi connectivity index (χ2v) is 6.96. The van der Waals surface area contributed by atoms with E-state index in [2.05, 4.69) is 19.9 Å². The fraction of sp³-hybridized carbons (Fsp3) is 0.867. The Balaban J connectivity index is 2.42. The first-order valence-electron chi connectivity index (χ1n) is 6.83. The molecule has 1 fully saturated rings. The van der Waals surface area contributed by atoms with Gasteiger partial charge in [0.1, 0.15) is 0 Å². The highest BCUT2D eigenvalue weighted by Crippen LogP contribution is 2.52. The molecule has 0 saturated heterocycles. The summed E-state index contributed by atoms with van der Waals surface area (Å²) in [6.45, 7) is 8.45. The van der Waals surface area contributed by atoms with Crippen molar-refractivity contribution in [2.24, 2.45) is 17.3 Å². The van der Waals surface area contributed by atoms with Crippen LogP contribution in [0.2, 0.25) is 0 Å². The van der Waals surface area contributed by atoms with Crippen LogP contribution in [0.15, 0.2) is 11.6 Å². The Morgan fingerprint density at radius 1 is 1.24 bits per heavy atom. The maximum atomic E-state index is 10.6. The van der Waals surface area contributed by atoms with E-state index in [1.807, 2.05) is 13.8 Å². The van der Waals surface area contributed by atoms with E-state index < -0.39 is 5.60 Å². The molecule has 0 heterocycles. The number of aliphatic hydroxyl groups excluding tert-OH is 1. The Bertz CT molecular complexity index is 328. The molecular weight excluding hydrogens is 212 g/mol. The van der Waals surface area contributed by atoms with Crippen molar-refractivity contribution in [3.05, 3.63) is 11.6 Å². The van der Waals surface area contributed by atoms with Gasteiger partial charge in [-0.1, -0.05) is 26.3 Å². The van der Waals surface area contributed by atoms with Gasteiger partial charge in [0.05, 0.1) is 11.7 Å². The van der Waals surface area contributed by atoms with E-state index in [1.54, 1.807) is 0 Å². The van der Waals surface area contributed by atoms with Gasteiger partial charge in [0, 0.05) is 0 Å². The Morgan fingerprint density at radius 2 is 1.88 bits per heavy atom. The Labute approximate surface area is 105 Å². The number of allylic oxidation sites excluding steroid dienone is 1. The van der Waals surface area contributed by atoms with Crippen molar-refractivity contribution in [3.8, 4) is 0 Å². The molecule has 0 aromatic heterocycles. The maximum Gasteiger partial charge on any atom is 0.0784 e. The average molecular weight is 238 g/mol. The van der Waals surface area contributed by atoms with E-state index in [4.69, 9.17) is 0 Å². The van der Waals surface area contributed by atoms with Gasteiger partial charge in [-0.25, -0.2) is 0 Å². The van der Waals surface area contributed by atoms with E-state index in [-0.39, 0.29) is 23.4 Å². The molecule has 0 aromatic carbocycles. The molecule has 2 aliphatic carbocycles. The monoisotopic (exact) mass is 238 g/mol. The smallest absolute Gasteiger partial charge is 0.0784 e. The van der Waals surface area contributed by atoms with Gasteiger partial charge < -0.3 is 10.2 Å². The van der Waals surface area contributed by atoms with Crippen LogP contribution >= 0.6 is 0 Å². The van der Waals surface area contributed by atoms with Gasteiger partial charge in [-0.15, -0.1) is 0 Å². The van der Waals surface area contributed by atoms with Gasteiger partial charge in [0.2, 0.25) is 0 Å². The van der Waals surface area contributed by atoms with Crippen molar-refractivity contribution < 1.29 is 10.2 Å². The van der Waals surface area contributed by atoms with Gasteiger partial charge in [-0.3, -0.25) is 0 Å². The molecular formula is C15H26O2. The van der Waals surface area contributed by atoms with Crippen LogP contribution in [0.1, 0.15) is 53.4 Å². The highest BCUT2D eigenvalue weighted by Gasteiger charge is 2.50. The lowest BCUT2D eigenvalue weighted by Gasteiger charge is -2.47. The summed E-state index contributed by atoms with van der Waals surface area (Å²) in [5.74, 6) is 0.378. The van der Waals surface area contributed by atoms with E-state index in [0.717, 1.165) is 31.3 Å². The van der Waals surface area contributed by atoms with Crippen molar-refractivity contribution in [3.63, 3.8) is 0 Å². The molecule has 2 nitrogen and oxygen atoms in total. The molecule has 0 aliphatic heterocycles. The van der Waals surface area contributed by atoms with Crippen LogP contribution in [-0.4, -0.2) is 21.9 Å². The first-order valence-corrected chi connectivity index (χ1v) is 6.83. The standard InChI is InChI=1S/C15H26O2/c1-10-6-7-11-12(13(10)16)14(2,3)8-5-9-15(11,4)17/h6,11-13,16-17H,5,7-9H2,1-4H3/t11-,12-,13+,15+/m1/s1. The molecule has 2 rings (SSSR count). The fourth-order valence-corrected chi connectivity index (χ4v) is 3.95.